The lowest BCUT2D eigenvalue weighted by atomic mass is 9.91. The summed E-state index contributed by atoms with van der Waals surface area (Å²) in [6.07, 6.45) is -5.42. The van der Waals surface area contributed by atoms with Gasteiger partial charge in [-0.1, -0.05) is 0 Å². The molecule has 2 rings (SSSR count). The highest BCUT2D eigenvalue weighted by molar-refractivity contribution is 5.95. The van der Waals surface area contributed by atoms with Crippen LogP contribution in [0.4, 0.5) is 13.2 Å². The summed E-state index contributed by atoms with van der Waals surface area (Å²) >= 11 is 0. The Balaban J connectivity index is 2.07. The molecule has 6 nitrogen and oxygen atoms in total. The highest BCUT2D eigenvalue weighted by Gasteiger charge is 2.34. The maximum absolute atomic E-state index is 12.6. The van der Waals surface area contributed by atoms with Crippen LogP contribution in [0, 0.1) is 12.8 Å². The number of alkyl halides is 3. The second-order valence-corrected chi connectivity index (χ2v) is 5.74. The largest absolute Gasteiger partial charge is 0.479 e. The number of hydrogen-bond acceptors (Lipinski definition) is 4. The molecule has 1 unspecified atom stereocenters. The molecule has 1 aliphatic rings. The van der Waals surface area contributed by atoms with E-state index in [9.17, 15) is 27.9 Å². The first kappa shape index (κ1) is 18.2. The topological polar surface area (TPSA) is 90.7 Å². The summed E-state index contributed by atoms with van der Waals surface area (Å²) in [7, 11) is 0. The molecule has 1 amide bonds. The van der Waals surface area contributed by atoms with Gasteiger partial charge in [0.05, 0.1) is 11.3 Å². The third-order valence-corrected chi connectivity index (χ3v) is 4.13. The molecule has 0 spiro atoms. The SMILES string of the molecule is Cc1nc(C(F)(F)F)ccc1C(=O)N1CCC(C(O)C(=O)O)CC1. The predicted molar refractivity (Wildman–Crippen MR) is 76.2 cm³/mol. The quantitative estimate of drug-likeness (QED) is 0.869. The van der Waals surface area contributed by atoms with Gasteiger partial charge in [-0.15, -0.1) is 0 Å². The van der Waals surface area contributed by atoms with Gasteiger partial charge in [-0.2, -0.15) is 13.2 Å². The molecule has 1 fully saturated rings. The molecule has 2 N–H and O–H groups in total. The molecule has 1 atom stereocenters. The van der Waals surface area contributed by atoms with E-state index in [4.69, 9.17) is 5.11 Å². The summed E-state index contributed by atoms with van der Waals surface area (Å²) in [5.41, 5.74) is -0.984. The standard InChI is InChI=1S/C15H17F3N2O4/c1-8-10(2-3-11(19-8)15(16,17)18)13(22)20-6-4-9(5-7-20)12(21)14(23)24/h2-3,9,12,21H,4-7H2,1H3,(H,23,24). The van der Waals surface area contributed by atoms with Crippen molar-refractivity contribution in [2.24, 2.45) is 5.92 Å². The predicted octanol–water partition coefficient (Wildman–Crippen LogP) is 1.71. The number of carboxylic acids is 1. The number of carbonyl (C=O) groups is 2. The number of aliphatic carboxylic acids is 1. The zero-order valence-corrected chi connectivity index (χ0v) is 12.9. The number of amides is 1. The van der Waals surface area contributed by atoms with E-state index in [1.807, 2.05) is 0 Å². The molecule has 1 aromatic heterocycles. The Morgan fingerprint density at radius 1 is 1.29 bits per heavy atom. The van der Waals surface area contributed by atoms with Crippen LogP contribution in [0.3, 0.4) is 0 Å². The van der Waals surface area contributed by atoms with Crippen molar-refractivity contribution < 1.29 is 33.0 Å². The van der Waals surface area contributed by atoms with Gasteiger partial charge >= 0.3 is 12.1 Å². The van der Waals surface area contributed by atoms with Crippen LogP contribution < -0.4 is 0 Å². The van der Waals surface area contributed by atoms with E-state index in [0.717, 1.165) is 12.1 Å². The fourth-order valence-electron chi connectivity index (χ4n) is 2.74. The number of carboxylic acid groups (broad SMARTS) is 1. The summed E-state index contributed by atoms with van der Waals surface area (Å²) < 4.78 is 37.8. The second-order valence-electron chi connectivity index (χ2n) is 5.74. The minimum absolute atomic E-state index is 0.0116. The van der Waals surface area contributed by atoms with E-state index in [-0.39, 0.29) is 24.3 Å². The number of aromatic nitrogens is 1. The van der Waals surface area contributed by atoms with Crippen LogP contribution in [0.15, 0.2) is 12.1 Å². The first-order valence-corrected chi connectivity index (χ1v) is 7.36. The van der Waals surface area contributed by atoms with E-state index in [0.29, 0.717) is 12.8 Å². The number of nitrogens with zero attached hydrogens (tertiary/aromatic N) is 2. The zero-order chi connectivity index (χ0) is 18.1. The van der Waals surface area contributed by atoms with Gasteiger partial charge in [-0.3, -0.25) is 4.79 Å². The number of pyridine rings is 1. The number of hydrogen-bond donors (Lipinski definition) is 2. The summed E-state index contributed by atoms with van der Waals surface area (Å²) in [4.78, 5) is 28.0. The van der Waals surface area contributed by atoms with Crippen molar-refractivity contribution in [3.8, 4) is 0 Å². The van der Waals surface area contributed by atoms with Crippen molar-refractivity contribution in [2.45, 2.75) is 32.0 Å². The van der Waals surface area contributed by atoms with E-state index < -0.39 is 35.8 Å². The van der Waals surface area contributed by atoms with Crippen molar-refractivity contribution >= 4 is 11.9 Å². The molecule has 0 aromatic carbocycles. The van der Waals surface area contributed by atoms with Crippen LogP contribution in [0.1, 0.15) is 34.6 Å². The molecule has 1 aliphatic heterocycles. The maximum atomic E-state index is 12.6. The van der Waals surface area contributed by atoms with Gasteiger partial charge in [0.1, 0.15) is 5.69 Å². The fraction of sp³-hybridized carbons (Fsp3) is 0.533. The van der Waals surface area contributed by atoms with E-state index in [2.05, 4.69) is 4.98 Å². The van der Waals surface area contributed by atoms with Crippen LogP contribution in [0.2, 0.25) is 0 Å². The van der Waals surface area contributed by atoms with Gasteiger partial charge in [0, 0.05) is 13.1 Å². The lowest BCUT2D eigenvalue weighted by Gasteiger charge is -2.33. The number of rotatable bonds is 3. The smallest absolute Gasteiger partial charge is 0.433 e. The molecule has 0 bridgehead atoms. The van der Waals surface area contributed by atoms with Gasteiger partial charge in [0.2, 0.25) is 0 Å². The summed E-state index contributed by atoms with van der Waals surface area (Å²) in [6, 6.07) is 1.87. The van der Waals surface area contributed by atoms with Gasteiger partial charge in [-0.05, 0) is 37.8 Å². The van der Waals surface area contributed by atoms with Crippen molar-refractivity contribution in [2.75, 3.05) is 13.1 Å². The molecule has 9 heteroatoms. The van der Waals surface area contributed by atoms with Crippen LogP contribution in [0.5, 0.6) is 0 Å². The number of halogens is 3. The number of aliphatic hydroxyl groups excluding tert-OH is 1. The molecular formula is C15H17F3N2O4. The van der Waals surface area contributed by atoms with E-state index in [1.54, 1.807) is 0 Å². The molecule has 2 heterocycles. The Hall–Kier alpha value is -2.16. The lowest BCUT2D eigenvalue weighted by molar-refractivity contribution is -0.150. The third kappa shape index (κ3) is 3.84. The molecular weight excluding hydrogens is 329 g/mol. The van der Waals surface area contributed by atoms with E-state index in [1.165, 1.54) is 11.8 Å². The zero-order valence-electron chi connectivity index (χ0n) is 12.9. The van der Waals surface area contributed by atoms with E-state index >= 15 is 0 Å². The van der Waals surface area contributed by atoms with Crippen molar-refractivity contribution in [1.29, 1.82) is 0 Å². The number of aliphatic hydroxyl groups is 1. The minimum Gasteiger partial charge on any atom is -0.479 e. The molecule has 0 aliphatic carbocycles. The third-order valence-electron chi connectivity index (χ3n) is 4.13. The minimum atomic E-state index is -4.57. The Morgan fingerprint density at radius 3 is 2.33 bits per heavy atom. The number of likely N-dealkylation sites (tertiary alicyclic amines) is 1. The molecule has 0 saturated carbocycles. The summed E-state index contributed by atoms with van der Waals surface area (Å²) in [6.45, 7) is 1.80. The van der Waals surface area contributed by atoms with Gasteiger partial charge in [0.25, 0.3) is 5.91 Å². The van der Waals surface area contributed by atoms with Gasteiger partial charge in [0.15, 0.2) is 6.10 Å². The summed E-state index contributed by atoms with van der Waals surface area (Å²) in [5.74, 6) is -2.20. The van der Waals surface area contributed by atoms with Gasteiger partial charge in [-0.25, -0.2) is 9.78 Å². The lowest BCUT2D eigenvalue weighted by Crippen LogP contribution is -2.43. The van der Waals surface area contributed by atoms with Crippen molar-refractivity contribution in [3.05, 3.63) is 29.1 Å². The van der Waals surface area contributed by atoms with Crippen molar-refractivity contribution in [3.63, 3.8) is 0 Å². The summed E-state index contributed by atoms with van der Waals surface area (Å²) in [5, 5.41) is 18.3. The fourth-order valence-corrected chi connectivity index (χ4v) is 2.74. The average Bonchev–Trinajstić information content (AvgIpc) is 2.52. The Kier molecular flexibility index (Phi) is 5.12. The first-order chi connectivity index (χ1) is 11.1. The number of carbonyl (C=O) groups excluding carboxylic acids is 1. The van der Waals surface area contributed by atoms with Crippen LogP contribution >= 0.6 is 0 Å². The Bertz CT molecular complexity index is 640. The van der Waals surface area contributed by atoms with Gasteiger partial charge < -0.3 is 15.1 Å². The average molecular weight is 346 g/mol. The highest BCUT2D eigenvalue weighted by Crippen LogP contribution is 2.29. The van der Waals surface area contributed by atoms with Crippen molar-refractivity contribution in [1.82, 2.24) is 9.88 Å². The Morgan fingerprint density at radius 2 is 1.88 bits per heavy atom. The van der Waals surface area contributed by atoms with Crippen LogP contribution in [-0.2, 0) is 11.0 Å². The Labute approximate surface area is 135 Å². The molecule has 0 radical (unpaired) electrons. The first-order valence-electron chi connectivity index (χ1n) is 7.36. The monoisotopic (exact) mass is 346 g/mol. The molecule has 24 heavy (non-hydrogen) atoms. The normalized spacial score (nSPS) is 17.6. The second kappa shape index (κ2) is 6.76. The number of aryl methyl sites for hydroxylation is 1. The highest BCUT2D eigenvalue weighted by atomic mass is 19.4. The van der Waals surface area contributed by atoms with Crippen LogP contribution in [0.25, 0.3) is 0 Å². The van der Waals surface area contributed by atoms with Crippen LogP contribution in [-0.4, -0.2) is 51.2 Å². The molecule has 1 aromatic rings. The molecule has 132 valence electrons. The molecule has 1 saturated heterocycles. The maximum Gasteiger partial charge on any atom is 0.433 e. The number of piperidine rings is 1.